The minimum Gasteiger partial charge on any atom is -0.381 e. The summed E-state index contributed by atoms with van der Waals surface area (Å²) >= 11 is 1.75. The molecule has 0 amide bonds. The summed E-state index contributed by atoms with van der Waals surface area (Å²) in [5, 5.41) is 3.39. The molecule has 0 radical (unpaired) electrons. The Hall–Kier alpha value is -0.450. The van der Waals surface area contributed by atoms with Gasteiger partial charge < -0.3 is 10.1 Å². The van der Waals surface area contributed by atoms with E-state index in [1.807, 2.05) is 18.8 Å². The highest BCUT2D eigenvalue weighted by Crippen LogP contribution is 2.25. The molecule has 102 valence electrons. The van der Waals surface area contributed by atoms with E-state index in [1.165, 1.54) is 43.4 Å². The molecule has 1 saturated heterocycles. The lowest BCUT2D eigenvalue weighted by atomic mass is 9.93. The fourth-order valence-electron chi connectivity index (χ4n) is 2.64. The van der Waals surface area contributed by atoms with Gasteiger partial charge in [0, 0.05) is 30.3 Å². The molecule has 1 aromatic rings. The van der Waals surface area contributed by atoms with Crippen molar-refractivity contribution in [3.63, 3.8) is 0 Å². The summed E-state index contributed by atoms with van der Waals surface area (Å²) in [5.41, 5.74) is 1.92. The van der Waals surface area contributed by atoms with Crippen LogP contribution in [0.2, 0.25) is 0 Å². The van der Waals surface area contributed by atoms with Gasteiger partial charge in [-0.1, -0.05) is 19.3 Å². The van der Waals surface area contributed by atoms with Gasteiger partial charge in [0.1, 0.15) is 0 Å². The zero-order valence-corrected chi connectivity index (χ0v) is 12.0. The average Bonchev–Trinajstić information content (AvgIpc) is 2.94. The van der Waals surface area contributed by atoms with Gasteiger partial charge in [-0.05, 0) is 32.2 Å². The van der Waals surface area contributed by atoms with Crippen molar-refractivity contribution in [3.8, 4) is 0 Å². The van der Waals surface area contributed by atoms with Gasteiger partial charge >= 0.3 is 0 Å². The molecule has 1 fully saturated rings. The van der Waals surface area contributed by atoms with Gasteiger partial charge in [0.2, 0.25) is 0 Å². The SMILES string of the molecule is CNC(CCCCC1CCOCC1)c1cncs1. The first-order chi connectivity index (χ1) is 8.90. The lowest BCUT2D eigenvalue weighted by Crippen LogP contribution is -2.16. The monoisotopic (exact) mass is 268 g/mol. The number of aromatic nitrogens is 1. The molecule has 0 aromatic carbocycles. The Morgan fingerprint density at radius 1 is 1.44 bits per heavy atom. The predicted octanol–water partition coefficient (Wildman–Crippen LogP) is 3.39. The molecule has 4 heteroatoms. The second kappa shape index (κ2) is 7.87. The molecule has 1 aliphatic rings. The number of hydrogen-bond acceptors (Lipinski definition) is 4. The van der Waals surface area contributed by atoms with Crippen LogP contribution in [0.25, 0.3) is 0 Å². The molecular formula is C14H24N2OS. The molecule has 1 N–H and O–H groups in total. The van der Waals surface area contributed by atoms with Crippen molar-refractivity contribution in [2.75, 3.05) is 20.3 Å². The maximum absolute atomic E-state index is 5.40. The van der Waals surface area contributed by atoms with Crippen LogP contribution in [0.4, 0.5) is 0 Å². The molecule has 18 heavy (non-hydrogen) atoms. The highest BCUT2D eigenvalue weighted by Gasteiger charge is 2.14. The third-order valence-corrected chi connectivity index (χ3v) is 4.73. The predicted molar refractivity (Wildman–Crippen MR) is 75.9 cm³/mol. The summed E-state index contributed by atoms with van der Waals surface area (Å²) in [7, 11) is 2.04. The molecule has 1 atom stereocenters. The smallest absolute Gasteiger partial charge is 0.0794 e. The summed E-state index contributed by atoms with van der Waals surface area (Å²) < 4.78 is 5.40. The number of hydrogen-bond donors (Lipinski definition) is 1. The standard InChI is InChI=1S/C14H24N2OS/c1-15-13(14-10-16-11-18-14)5-3-2-4-12-6-8-17-9-7-12/h10-13,15H,2-9H2,1H3. The summed E-state index contributed by atoms with van der Waals surface area (Å²) in [6.45, 7) is 1.95. The molecule has 0 aliphatic carbocycles. The summed E-state index contributed by atoms with van der Waals surface area (Å²) in [6, 6.07) is 0.493. The zero-order valence-electron chi connectivity index (χ0n) is 11.2. The van der Waals surface area contributed by atoms with Crippen LogP contribution in [0.3, 0.4) is 0 Å². The van der Waals surface area contributed by atoms with Crippen LogP contribution in [0.1, 0.15) is 49.4 Å². The Balaban J connectivity index is 1.61. The van der Waals surface area contributed by atoms with E-state index in [2.05, 4.69) is 10.3 Å². The molecule has 0 spiro atoms. The maximum atomic E-state index is 5.40. The molecule has 0 bridgehead atoms. The third kappa shape index (κ3) is 4.34. The van der Waals surface area contributed by atoms with Crippen LogP contribution in [-0.4, -0.2) is 25.2 Å². The fourth-order valence-corrected chi connectivity index (χ4v) is 3.41. The Kier molecular flexibility index (Phi) is 6.11. The third-order valence-electron chi connectivity index (χ3n) is 3.84. The molecule has 2 rings (SSSR count). The van der Waals surface area contributed by atoms with Crippen LogP contribution in [0, 0.1) is 5.92 Å². The van der Waals surface area contributed by atoms with Gasteiger partial charge in [-0.2, -0.15) is 0 Å². The molecule has 0 saturated carbocycles. The Morgan fingerprint density at radius 3 is 2.94 bits per heavy atom. The Morgan fingerprint density at radius 2 is 2.28 bits per heavy atom. The Labute approximate surface area is 114 Å². The van der Waals surface area contributed by atoms with E-state index in [-0.39, 0.29) is 0 Å². The minimum absolute atomic E-state index is 0.493. The van der Waals surface area contributed by atoms with Gasteiger partial charge in [-0.25, -0.2) is 0 Å². The second-order valence-corrected chi connectivity index (χ2v) is 6.00. The number of unbranched alkanes of at least 4 members (excludes halogenated alkanes) is 1. The van der Waals surface area contributed by atoms with E-state index in [0.717, 1.165) is 19.1 Å². The Bertz CT molecular complexity index is 310. The van der Waals surface area contributed by atoms with Crippen molar-refractivity contribution in [2.45, 2.75) is 44.6 Å². The summed E-state index contributed by atoms with van der Waals surface area (Å²) in [4.78, 5) is 5.52. The lowest BCUT2D eigenvalue weighted by molar-refractivity contribution is 0.0630. The lowest BCUT2D eigenvalue weighted by Gasteiger charge is -2.22. The fraction of sp³-hybridized carbons (Fsp3) is 0.786. The average molecular weight is 268 g/mol. The van der Waals surface area contributed by atoms with Crippen LogP contribution in [0.15, 0.2) is 11.7 Å². The number of thiazole rings is 1. The van der Waals surface area contributed by atoms with E-state index >= 15 is 0 Å². The minimum atomic E-state index is 0.493. The topological polar surface area (TPSA) is 34.1 Å². The normalized spacial score (nSPS) is 18.9. The largest absolute Gasteiger partial charge is 0.381 e. The molecule has 2 heterocycles. The van der Waals surface area contributed by atoms with Gasteiger partial charge in [0.25, 0.3) is 0 Å². The van der Waals surface area contributed by atoms with Crippen molar-refractivity contribution in [2.24, 2.45) is 5.92 Å². The molecule has 3 nitrogen and oxygen atoms in total. The zero-order chi connectivity index (χ0) is 12.6. The first kappa shape index (κ1) is 14.0. The maximum Gasteiger partial charge on any atom is 0.0794 e. The number of rotatable bonds is 7. The second-order valence-electron chi connectivity index (χ2n) is 5.09. The van der Waals surface area contributed by atoms with E-state index in [4.69, 9.17) is 4.74 Å². The van der Waals surface area contributed by atoms with Crippen molar-refractivity contribution in [1.29, 1.82) is 0 Å². The summed E-state index contributed by atoms with van der Waals surface area (Å²) in [6.07, 6.45) is 9.78. The first-order valence-electron chi connectivity index (χ1n) is 7.03. The van der Waals surface area contributed by atoms with Crippen LogP contribution < -0.4 is 5.32 Å². The van der Waals surface area contributed by atoms with Crippen molar-refractivity contribution in [3.05, 3.63) is 16.6 Å². The van der Waals surface area contributed by atoms with E-state index in [0.29, 0.717) is 6.04 Å². The first-order valence-corrected chi connectivity index (χ1v) is 7.91. The highest BCUT2D eigenvalue weighted by molar-refractivity contribution is 7.09. The van der Waals surface area contributed by atoms with Crippen molar-refractivity contribution in [1.82, 2.24) is 10.3 Å². The van der Waals surface area contributed by atoms with E-state index in [9.17, 15) is 0 Å². The van der Waals surface area contributed by atoms with Crippen LogP contribution >= 0.6 is 11.3 Å². The molecular weight excluding hydrogens is 244 g/mol. The van der Waals surface area contributed by atoms with Crippen LogP contribution in [-0.2, 0) is 4.74 Å². The molecule has 1 unspecified atom stereocenters. The summed E-state index contributed by atoms with van der Waals surface area (Å²) in [5.74, 6) is 0.912. The van der Waals surface area contributed by atoms with E-state index < -0.39 is 0 Å². The van der Waals surface area contributed by atoms with Crippen molar-refractivity contribution < 1.29 is 4.74 Å². The highest BCUT2D eigenvalue weighted by atomic mass is 32.1. The number of ether oxygens (including phenoxy) is 1. The molecule has 1 aliphatic heterocycles. The number of nitrogens with zero attached hydrogens (tertiary/aromatic N) is 1. The van der Waals surface area contributed by atoms with Gasteiger partial charge in [0.05, 0.1) is 5.51 Å². The number of nitrogens with one attached hydrogen (secondary N) is 1. The van der Waals surface area contributed by atoms with Gasteiger partial charge in [-0.15, -0.1) is 11.3 Å². The van der Waals surface area contributed by atoms with Gasteiger partial charge in [0.15, 0.2) is 0 Å². The molecule has 1 aromatic heterocycles. The van der Waals surface area contributed by atoms with Gasteiger partial charge in [-0.3, -0.25) is 4.98 Å². The van der Waals surface area contributed by atoms with E-state index in [1.54, 1.807) is 11.3 Å². The van der Waals surface area contributed by atoms with Crippen LogP contribution in [0.5, 0.6) is 0 Å². The quantitative estimate of drug-likeness (QED) is 0.770. The van der Waals surface area contributed by atoms with Crippen molar-refractivity contribution >= 4 is 11.3 Å².